The van der Waals surface area contributed by atoms with E-state index in [1.165, 1.54) is 24.3 Å². The van der Waals surface area contributed by atoms with Crippen molar-refractivity contribution in [3.05, 3.63) is 214 Å². The molecule has 334 valence electrons. The fourth-order valence-electron chi connectivity index (χ4n) is 11.0. The molecule has 8 aromatic carbocycles. The van der Waals surface area contributed by atoms with E-state index in [-0.39, 0.29) is 27.2 Å². The van der Waals surface area contributed by atoms with Gasteiger partial charge in [-0.3, -0.25) is 0 Å². The van der Waals surface area contributed by atoms with Crippen molar-refractivity contribution in [3.63, 3.8) is 0 Å². The summed E-state index contributed by atoms with van der Waals surface area (Å²) in [4.78, 5) is 3.69. The number of benzene rings is 8. The van der Waals surface area contributed by atoms with Gasteiger partial charge in [0.15, 0.2) is 54.6 Å². The number of hydrogen-bond acceptors (Lipinski definition) is 2. The number of hydrogen-bond donors (Lipinski definition) is 0. The molecular formula is C54H34F10N2Si. The van der Waals surface area contributed by atoms with Crippen LogP contribution in [0.25, 0.3) is 11.1 Å². The monoisotopic (exact) mass is 928 g/mol. The van der Waals surface area contributed by atoms with E-state index in [1.54, 1.807) is 29.2 Å². The summed E-state index contributed by atoms with van der Waals surface area (Å²) < 4.78 is 161. The fourth-order valence-corrected chi connectivity index (χ4v) is 16.3. The predicted molar refractivity (Wildman–Crippen MR) is 242 cm³/mol. The molecule has 3 heterocycles. The Hall–Kier alpha value is -7.12. The summed E-state index contributed by atoms with van der Waals surface area (Å²) in [6.45, 7) is 8.16. The summed E-state index contributed by atoms with van der Waals surface area (Å²) >= 11 is 0. The number of anilines is 6. The zero-order valence-corrected chi connectivity index (χ0v) is 36.9. The van der Waals surface area contributed by atoms with Gasteiger partial charge in [-0.1, -0.05) is 113 Å². The zero-order valence-electron chi connectivity index (χ0n) is 35.9. The summed E-state index contributed by atoms with van der Waals surface area (Å²) in [7, 11) is -5.96. The highest BCUT2D eigenvalue weighted by Crippen LogP contribution is 2.54. The fraction of sp³-hybridized carbons (Fsp3) is 0.111. The van der Waals surface area contributed by atoms with Gasteiger partial charge in [-0.25, -0.2) is 43.9 Å². The van der Waals surface area contributed by atoms with Crippen LogP contribution in [0.15, 0.2) is 133 Å². The summed E-state index contributed by atoms with van der Waals surface area (Å²) in [5.74, 6) is -24.9. The summed E-state index contributed by atoms with van der Waals surface area (Å²) in [6.07, 6.45) is 0. The first-order valence-corrected chi connectivity index (χ1v) is 23.3. The maximum atomic E-state index is 17.0. The van der Waals surface area contributed by atoms with Gasteiger partial charge in [0.1, 0.15) is 0 Å². The summed E-state index contributed by atoms with van der Waals surface area (Å²) in [5.41, 5.74) is 5.72. The highest BCUT2D eigenvalue weighted by Gasteiger charge is 2.58. The molecule has 0 spiro atoms. The molecule has 67 heavy (non-hydrogen) atoms. The zero-order chi connectivity index (χ0) is 47.2. The normalized spacial score (nSPS) is 15.6. The van der Waals surface area contributed by atoms with Crippen LogP contribution in [0, 0.1) is 58.2 Å². The van der Waals surface area contributed by atoms with Crippen molar-refractivity contribution in [2.75, 3.05) is 9.80 Å². The first kappa shape index (κ1) is 42.5. The van der Waals surface area contributed by atoms with Gasteiger partial charge in [0, 0.05) is 32.6 Å². The van der Waals surface area contributed by atoms with Crippen molar-refractivity contribution in [1.82, 2.24) is 0 Å². The topological polar surface area (TPSA) is 6.48 Å². The van der Waals surface area contributed by atoms with Crippen molar-refractivity contribution in [3.8, 4) is 11.1 Å². The molecule has 2 nitrogen and oxygen atoms in total. The van der Waals surface area contributed by atoms with Gasteiger partial charge in [-0.15, -0.1) is 0 Å². The largest absolute Gasteiger partial charge is 0.310 e. The molecule has 3 aliphatic heterocycles. The Bertz CT molecular complexity index is 3250. The van der Waals surface area contributed by atoms with Gasteiger partial charge in [0.05, 0.1) is 22.7 Å². The van der Waals surface area contributed by atoms with Gasteiger partial charge in [0.25, 0.3) is 0 Å². The van der Waals surface area contributed by atoms with Crippen LogP contribution in [0.3, 0.4) is 0 Å². The molecule has 13 heteroatoms. The van der Waals surface area contributed by atoms with E-state index >= 15 is 43.9 Å². The highest BCUT2D eigenvalue weighted by atomic mass is 28.3. The van der Waals surface area contributed by atoms with Crippen LogP contribution >= 0.6 is 0 Å². The molecule has 11 rings (SSSR count). The van der Waals surface area contributed by atoms with Crippen molar-refractivity contribution in [1.29, 1.82) is 0 Å². The molecule has 0 aromatic heterocycles. The number of nitrogens with zero attached hydrogens (tertiary/aromatic N) is 2. The first-order valence-electron chi connectivity index (χ1n) is 21.3. The van der Waals surface area contributed by atoms with E-state index in [0.29, 0.717) is 17.1 Å². The highest BCUT2D eigenvalue weighted by molar-refractivity contribution is 7.22. The second-order valence-corrected chi connectivity index (χ2v) is 21.7. The van der Waals surface area contributed by atoms with E-state index in [4.69, 9.17) is 0 Å². The van der Waals surface area contributed by atoms with Gasteiger partial charge in [-0.05, 0) is 92.3 Å². The van der Waals surface area contributed by atoms with E-state index in [2.05, 4.69) is 13.8 Å². The van der Waals surface area contributed by atoms with Crippen LogP contribution in [0.5, 0.6) is 0 Å². The number of fused-ring (bicyclic) bond motifs is 7. The van der Waals surface area contributed by atoms with Crippen molar-refractivity contribution < 1.29 is 43.9 Å². The maximum absolute atomic E-state index is 17.0. The first-order chi connectivity index (χ1) is 31.9. The number of para-hydroxylation sites is 4. The average Bonchev–Trinajstić information content (AvgIpc) is 3.60. The quantitative estimate of drug-likeness (QED) is 0.0751. The Balaban J connectivity index is 1.30. The van der Waals surface area contributed by atoms with E-state index in [0.717, 1.165) is 33.6 Å². The van der Waals surface area contributed by atoms with Crippen molar-refractivity contribution in [2.24, 2.45) is 0 Å². The van der Waals surface area contributed by atoms with E-state index in [9.17, 15) is 0 Å². The maximum Gasteiger partial charge on any atom is 0.200 e. The number of rotatable bonds is 4. The molecule has 0 saturated carbocycles. The molecule has 0 saturated heterocycles. The van der Waals surface area contributed by atoms with Crippen molar-refractivity contribution >= 4 is 62.9 Å². The second kappa shape index (κ2) is 14.4. The average molecular weight is 929 g/mol. The molecule has 0 amide bonds. The summed E-state index contributed by atoms with van der Waals surface area (Å²) in [6, 6.07) is 38.5. The molecule has 0 aliphatic carbocycles. The van der Waals surface area contributed by atoms with Crippen LogP contribution < -0.4 is 30.5 Å². The van der Waals surface area contributed by atoms with Crippen LogP contribution in [0.2, 0.25) is 0 Å². The van der Waals surface area contributed by atoms with E-state index < -0.39 is 87.4 Å². The van der Waals surface area contributed by atoms with Crippen LogP contribution in [0.4, 0.5) is 78.0 Å². The standard InChI is InChI=1S/C54H34F10N2Si/c1-53(2)31-13-5-9-17-35(31)65(36-18-10-6-14-32(36)53)27-22-24-39-30(25-27)29-23-21-28(66-37-19-11-7-15-33(37)54(3,4)34-16-8-12-20-38(34)66)26-40(29)67(39,51-47(61)43(57)41(55)44(58)48(51)62)52-49(63)45(59)42(56)46(60)50(52)64/h5-26H,1-4H3. The molecule has 3 aliphatic rings. The lowest BCUT2D eigenvalue weighted by Crippen LogP contribution is -2.76. The Kier molecular flexibility index (Phi) is 9.16. The molecule has 8 aromatic rings. The van der Waals surface area contributed by atoms with Gasteiger partial charge in [0.2, 0.25) is 11.6 Å². The van der Waals surface area contributed by atoms with Crippen molar-refractivity contribution in [2.45, 2.75) is 38.5 Å². The molecule has 0 atom stereocenters. The van der Waals surface area contributed by atoms with E-state index in [1.807, 2.05) is 104 Å². The Labute approximate surface area is 379 Å². The Morgan fingerprint density at radius 1 is 0.328 bits per heavy atom. The van der Waals surface area contributed by atoms with Crippen LogP contribution in [-0.2, 0) is 10.8 Å². The Morgan fingerprint density at radius 3 is 1.01 bits per heavy atom. The molecular weight excluding hydrogens is 895 g/mol. The lowest BCUT2D eigenvalue weighted by atomic mass is 9.73. The lowest BCUT2D eigenvalue weighted by Gasteiger charge is -2.42. The molecule has 0 N–H and O–H groups in total. The molecule has 0 fully saturated rings. The minimum absolute atomic E-state index is 0.0120. The third-order valence-electron chi connectivity index (χ3n) is 14.1. The van der Waals surface area contributed by atoms with Gasteiger partial charge >= 0.3 is 0 Å². The lowest BCUT2D eigenvalue weighted by molar-refractivity contribution is 0.382. The molecule has 0 bridgehead atoms. The number of halogens is 10. The third-order valence-corrected chi connectivity index (χ3v) is 18.9. The molecule has 0 radical (unpaired) electrons. The van der Waals surface area contributed by atoms with Crippen LogP contribution in [0.1, 0.15) is 49.9 Å². The predicted octanol–water partition coefficient (Wildman–Crippen LogP) is 12.7. The third kappa shape index (κ3) is 5.45. The minimum Gasteiger partial charge on any atom is -0.310 e. The Morgan fingerprint density at radius 2 is 0.642 bits per heavy atom. The second-order valence-electron chi connectivity index (χ2n) is 18.1. The smallest absolute Gasteiger partial charge is 0.200 e. The molecule has 0 unspecified atom stereocenters. The van der Waals surface area contributed by atoms with Gasteiger partial charge in [-0.2, -0.15) is 0 Å². The van der Waals surface area contributed by atoms with Crippen LogP contribution in [-0.4, -0.2) is 8.07 Å². The SMILES string of the molecule is CC1(C)c2ccccc2N(c2ccc3c(c2)-c2ccc(N4c5ccccc5C(C)(C)c5ccccc54)cc2[Si]3(c2c(F)c(F)c(F)c(F)c2F)c2c(F)c(F)c(F)c(F)c2F)c2ccccc21. The summed E-state index contributed by atoms with van der Waals surface area (Å²) in [5, 5.41) is -4.17. The minimum atomic E-state index is -5.96. The van der Waals surface area contributed by atoms with Gasteiger partial charge < -0.3 is 9.80 Å².